The fourth-order valence-electron chi connectivity index (χ4n) is 3.96. The number of carbonyl (C=O) groups is 1. The first-order valence-electron chi connectivity index (χ1n) is 10.4. The van der Waals surface area contributed by atoms with Crippen molar-refractivity contribution in [3.63, 3.8) is 0 Å². The van der Waals surface area contributed by atoms with Crippen LogP contribution in [-0.4, -0.2) is 40.4 Å². The number of fused-ring (bicyclic) bond motifs is 1. The smallest absolute Gasteiger partial charge is 0.289 e. The molecule has 0 N–H and O–H groups in total. The van der Waals surface area contributed by atoms with Gasteiger partial charge < -0.3 is 19.0 Å². The molecule has 5 rings (SSSR count). The molecule has 0 atom stereocenters. The number of hydrogen-bond acceptors (Lipinski definition) is 6. The summed E-state index contributed by atoms with van der Waals surface area (Å²) in [5.74, 6) is 2.19. The van der Waals surface area contributed by atoms with Gasteiger partial charge >= 0.3 is 0 Å². The van der Waals surface area contributed by atoms with E-state index >= 15 is 0 Å². The second kappa shape index (κ2) is 7.82. The lowest BCUT2D eigenvalue weighted by Gasteiger charge is -2.29. The number of amides is 1. The zero-order valence-corrected chi connectivity index (χ0v) is 17.0. The average molecular weight is 404 g/mol. The number of ether oxygens (including phenoxy) is 1. The predicted molar refractivity (Wildman–Crippen MR) is 112 cm³/mol. The molecule has 0 bridgehead atoms. The summed E-state index contributed by atoms with van der Waals surface area (Å²) in [5.41, 5.74) is 2.99. The van der Waals surface area contributed by atoms with Crippen LogP contribution in [0.3, 0.4) is 0 Å². The van der Waals surface area contributed by atoms with E-state index < -0.39 is 0 Å². The van der Waals surface area contributed by atoms with Crippen LogP contribution in [-0.2, 0) is 13.0 Å². The molecule has 1 aromatic carbocycles. The molecule has 3 aromatic rings. The zero-order valence-electron chi connectivity index (χ0n) is 17.0. The number of aryl methyl sites for hydroxylation is 1. The maximum Gasteiger partial charge on any atom is 0.289 e. The summed E-state index contributed by atoms with van der Waals surface area (Å²) in [7, 11) is 0. The van der Waals surface area contributed by atoms with Crippen molar-refractivity contribution >= 4 is 11.9 Å². The van der Waals surface area contributed by atoms with Crippen molar-refractivity contribution in [1.82, 2.24) is 14.9 Å². The first-order valence-corrected chi connectivity index (χ1v) is 10.4. The number of furan rings is 1. The van der Waals surface area contributed by atoms with Gasteiger partial charge in [-0.1, -0.05) is 17.7 Å². The fraction of sp³-hybridized carbons (Fsp3) is 0.348. The maximum atomic E-state index is 12.8. The van der Waals surface area contributed by atoms with Crippen molar-refractivity contribution in [2.45, 2.75) is 32.7 Å². The quantitative estimate of drug-likeness (QED) is 0.655. The van der Waals surface area contributed by atoms with Gasteiger partial charge in [-0.25, -0.2) is 4.98 Å². The van der Waals surface area contributed by atoms with Gasteiger partial charge in [0.2, 0.25) is 11.8 Å². The van der Waals surface area contributed by atoms with E-state index in [1.807, 2.05) is 31.2 Å². The number of hydrogen-bond donors (Lipinski definition) is 0. The SMILES string of the molecule is Cc1ccc(Oc2nc(N3CCCC3)nc3c2CN(C(=O)c2ccco2)CC3)cc1. The Hall–Kier alpha value is -3.35. The number of nitrogens with zero attached hydrogens (tertiary/aromatic N) is 4. The molecule has 0 radical (unpaired) electrons. The molecule has 2 aliphatic heterocycles. The van der Waals surface area contributed by atoms with Crippen molar-refractivity contribution in [2.75, 3.05) is 24.5 Å². The molecule has 4 heterocycles. The number of rotatable bonds is 4. The third kappa shape index (κ3) is 3.63. The molecule has 0 saturated carbocycles. The van der Waals surface area contributed by atoms with Crippen LogP contribution in [0.1, 0.15) is 40.2 Å². The topological polar surface area (TPSA) is 71.7 Å². The molecular formula is C23H24N4O3. The Kier molecular flexibility index (Phi) is 4.86. The lowest BCUT2D eigenvalue weighted by atomic mass is 10.1. The molecule has 2 aromatic heterocycles. The Morgan fingerprint density at radius 2 is 1.87 bits per heavy atom. The second-order valence-corrected chi connectivity index (χ2v) is 7.82. The van der Waals surface area contributed by atoms with E-state index in [0.717, 1.165) is 48.9 Å². The van der Waals surface area contributed by atoms with Gasteiger partial charge in [0.1, 0.15) is 5.75 Å². The van der Waals surface area contributed by atoms with Crippen LogP contribution < -0.4 is 9.64 Å². The Bertz CT molecular complexity index is 1040. The van der Waals surface area contributed by atoms with E-state index in [0.29, 0.717) is 31.2 Å². The highest BCUT2D eigenvalue weighted by molar-refractivity contribution is 5.91. The lowest BCUT2D eigenvalue weighted by molar-refractivity contribution is 0.0699. The molecule has 1 fully saturated rings. The van der Waals surface area contributed by atoms with Crippen LogP contribution in [0.15, 0.2) is 47.1 Å². The molecular weight excluding hydrogens is 380 g/mol. The van der Waals surface area contributed by atoms with Gasteiger partial charge in [-0.15, -0.1) is 0 Å². The van der Waals surface area contributed by atoms with Crippen LogP contribution in [0.25, 0.3) is 0 Å². The lowest BCUT2D eigenvalue weighted by Crippen LogP contribution is -2.37. The first kappa shape index (κ1) is 18.7. The standard InChI is InChI=1S/C23H24N4O3/c1-16-6-8-17(9-7-16)30-21-18-15-27(22(28)20-5-4-14-29-20)13-10-19(18)24-23(25-21)26-11-2-3-12-26/h4-9,14H,2-3,10-13,15H2,1H3. The van der Waals surface area contributed by atoms with Crippen molar-refractivity contribution in [3.8, 4) is 11.6 Å². The summed E-state index contributed by atoms with van der Waals surface area (Å²) in [6, 6.07) is 11.3. The minimum atomic E-state index is -0.129. The molecule has 2 aliphatic rings. The largest absolute Gasteiger partial charge is 0.459 e. The first-order chi connectivity index (χ1) is 14.7. The van der Waals surface area contributed by atoms with Crippen LogP contribution in [0, 0.1) is 6.92 Å². The van der Waals surface area contributed by atoms with Crippen molar-refractivity contribution in [3.05, 3.63) is 65.2 Å². The molecule has 0 unspecified atom stereocenters. The van der Waals surface area contributed by atoms with Crippen molar-refractivity contribution < 1.29 is 13.9 Å². The number of carbonyl (C=O) groups excluding carboxylic acids is 1. The summed E-state index contributed by atoms with van der Waals surface area (Å²) in [6.07, 6.45) is 4.48. The summed E-state index contributed by atoms with van der Waals surface area (Å²) >= 11 is 0. The molecule has 1 amide bonds. The van der Waals surface area contributed by atoms with Crippen molar-refractivity contribution in [2.24, 2.45) is 0 Å². The van der Waals surface area contributed by atoms with E-state index in [9.17, 15) is 4.79 Å². The van der Waals surface area contributed by atoms with Crippen LogP contribution in [0.5, 0.6) is 11.6 Å². The van der Waals surface area contributed by atoms with Gasteiger partial charge in [0.25, 0.3) is 5.91 Å². The molecule has 154 valence electrons. The minimum Gasteiger partial charge on any atom is -0.459 e. The molecule has 7 heteroatoms. The van der Waals surface area contributed by atoms with Gasteiger partial charge in [-0.05, 0) is 44.0 Å². The number of benzene rings is 1. The Balaban J connectivity index is 1.49. The predicted octanol–water partition coefficient (Wildman–Crippen LogP) is 3.97. The van der Waals surface area contributed by atoms with Gasteiger partial charge in [0, 0.05) is 26.1 Å². The highest BCUT2D eigenvalue weighted by Gasteiger charge is 2.29. The summed E-state index contributed by atoms with van der Waals surface area (Å²) in [6.45, 7) is 4.96. The summed E-state index contributed by atoms with van der Waals surface area (Å²) in [5, 5.41) is 0. The van der Waals surface area contributed by atoms with Gasteiger partial charge in [0.15, 0.2) is 5.76 Å². The van der Waals surface area contributed by atoms with E-state index in [-0.39, 0.29) is 5.91 Å². The number of aromatic nitrogens is 2. The Morgan fingerprint density at radius 1 is 1.07 bits per heavy atom. The zero-order chi connectivity index (χ0) is 20.5. The molecule has 0 spiro atoms. The Labute approximate surface area is 175 Å². The minimum absolute atomic E-state index is 0.129. The average Bonchev–Trinajstić information content (AvgIpc) is 3.49. The maximum absolute atomic E-state index is 12.8. The molecule has 0 aliphatic carbocycles. The van der Waals surface area contributed by atoms with E-state index in [4.69, 9.17) is 19.1 Å². The van der Waals surface area contributed by atoms with Gasteiger partial charge in [-0.3, -0.25) is 4.79 Å². The highest BCUT2D eigenvalue weighted by Crippen LogP contribution is 2.32. The normalized spacial score (nSPS) is 15.9. The monoisotopic (exact) mass is 404 g/mol. The molecule has 30 heavy (non-hydrogen) atoms. The summed E-state index contributed by atoms with van der Waals surface area (Å²) in [4.78, 5) is 26.4. The van der Waals surface area contributed by atoms with E-state index in [1.165, 1.54) is 11.8 Å². The van der Waals surface area contributed by atoms with Gasteiger partial charge in [0.05, 0.1) is 24.1 Å². The van der Waals surface area contributed by atoms with Crippen molar-refractivity contribution in [1.29, 1.82) is 0 Å². The Morgan fingerprint density at radius 3 is 2.60 bits per heavy atom. The fourth-order valence-corrected chi connectivity index (χ4v) is 3.96. The third-order valence-electron chi connectivity index (χ3n) is 5.65. The molecule has 7 nitrogen and oxygen atoms in total. The highest BCUT2D eigenvalue weighted by atomic mass is 16.5. The summed E-state index contributed by atoms with van der Waals surface area (Å²) < 4.78 is 11.5. The van der Waals surface area contributed by atoms with Crippen LogP contribution >= 0.6 is 0 Å². The van der Waals surface area contributed by atoms with Crippen LogP contribution in [0.4, 0.5) is 5.95 Å². The van der Waals surface area contributed by atoms with E-state index in [2.05, 4.69) is 4.90 Å². The third-order valence-corrected chi connectivity index (χ3v) is 5.65. The second-order valence-electron chi connectivity index (χ2n) is 7.82. The van der Waals surface area contributed by atoms with E-state index in [1.54, 1.807) is 17.0 Å². The van der Waals surface area contributed by atoms with Gasteiger partial charge in [-0.2, -0.15) is 4.98 Å². The van der Waals surface area contributed by atoms with Crippen LogP contribution in [0.2, 0.25) is 0 Å². The molecule has 1 saturated heterocycles. The number of anilines is 1.